The molecule has 0 fully saturated rings. The first kappa shape index (κ1) is 17.9. The molecule has 2 aromatic rings. The van der Waals surface area contributed by atoms with E-state index < -0.39 is 5.91 Å². The molecule has 0 atom stereocenters. The lowest BCUT2D eigenvalue weighted by Crippen LogP contribution is -2.16. The van der Waals surface area contributed by atoms with Gasteiger partial charge in [-0.05, 0) is 23.8 Å². The Labute approximate surface area is 142 Å². The van der Waals surface area contributed by atoms with Crippen molar-refractivity contribution in [3.63, 3.8) is 0 Å². The number of hydrogen-bond donors (Lipinski definition) is 1. The highest BCUT2D eigenvalue weighted by Crippen LogP contribution is 2.27. The molecule has 1 aromatic carbocycles. The number of ether oxygens (including phenoxy) is 2. The van der Waals surface area contributed by atoms with Gasteiger partial charge in [0, 0.05) is 30.5 Å². The van der Waals surface area contributed by atoms with Crippen LogP contribution in [0.4, 0.5) is 0 Å². The number of nitrogens with zero attached hydrogens (tertiary/aromatic N) is 2. The minimum Gasteiger partial charge on any atom is -0.491 e. The van der Waals surface area contributed by atoms with E-state index >= 15 is 0 Å². The van der Waals surface area contributed by atoms with Gasteiger partial charge in [0.2, 0.25) is 5.91 Å². The molecule has 6 heteroatoms. The van der Waals surface area contributed by atoms with Crippen molar-refractivity contribution in [3.8, 4) is 16.9 Å². The van der Waals surface area contributed by atoms with E-state index in [0.29, 0.717) is 30.1 Å². The highest BCUT2D eigenvalue weighted by atomic mass is 16.5. The van der Waals surface area contributed by atoms with Crippen molar-refractivity contribution >= 4 is 5.91 Å². The lowest BCUT2D eigenvalue weighted by molar-refractivity contribution is 0.1000. The van der Waals surface area contributed by atoms with Crippen LogP contribution in [0.1, 0.15) is 37.0 Å². The molecule has 0 unspecified atom stereocenters. The minimum absolute atomic E-state index is 0.135. The lowest BCUT2D eigenvalue weighted by atomic mass is 9.95. The van der Waals surface area contributed by atoms with E-state index in [2.05, 4.69) is 9.97 Å². The number of carbonyl (C=O) groups is 1. The quantitative estimate of drug-likeness (QED) is 0.823. The van der Waals surface area contributed by atoms with Gasteiger partial charge in [-0.25, -0.2) is 9.97 Å². The lowest BCUT2D eigenvalue weighted by Gasteiger charge is -2.16. The minimum atomic E-state index is -0.526. The number of primary amides is 1. The summed E-state index contributed by atoms with van der Waals surface area (Å²) in [5.74, 6) is 0.783. The van der Waals surface area contributed by atoms with Crippen LogP contribution in [-0.2, 0) is 10.2 Å². The zero-order valence-electron chi connectivity index (χ0n) is 14.5. The van der Waals surface area contributed by atoms with E-state index in [4.69, 9.17) is 15.2 Å². The van der Waals surface area contributed by atoms with Crippen LogP contribution in [0.2, 0.25) is 0 Å². The first-order valence-corrected chi connectivity index (χ1v) is 7.71. The maximum atomic E-state index is 11.8. The number of hydrogen-bond acceptors (Lipinski definition) is 5. The van der Waals surface area contributed by atoms with Crippen molar-refractivity contribution < 1.29 is 14.3 Å². The smallest absolute Gasteiger partial charge is 0.249 e. The Morgan fingerprint density at radius 3 is 2.38 bits per heavy atom. The molecular formula is C18H23N3O3. The predicted octanol–water partition coefficient (Wildman–Crippen LogP) is 2.57. The SMILES string of the molecule is COCCOc1ccc(-c2cnc(C(C)(C)C)nc2)c(C(N)=O)c1. The van der Waals surface area contributed by atoms with Gasteiger partial charge < -0.3 is 15.2 Å². The van der Waals surface area contributed by atoms with Gasteiger partial charge in [0.15, 0.2) is 0 Å². The average Bonchev–Trinajstić information content (AvgIpc) is 2.54. The van der Waals surface area contributed by atoms with Gasteiger partial charge in [-0.1, -0.05) is 20.8 Å². The Hall–Kier alpha value is -2.47. The fraction of sp³-hybridized carbons (Fsp3) is 0.389. The van der Waals surface area contributed by atoms with Crippen LogP contribution in [0.5, 0.6) is 5.75 Å². The molecule has 0 aliphatic carbocycles. The van der Waals surface area contributed by atoms with Gasteiger partial charge in [0.05, 0.1) is 12.2 Å². The van der Waals surface area contributed by atoms with Crippen molar-refractivity contribution in [2.45, 2.75) is 26.2 Å². The van der Waals surface area contributed by atoms with E-state index in [1.54, 1.807) is 37.7 Å². The summed E-state index contributed by atoms with van der Waals surface area (Å²) < 4.78 is 10.5. The monoisotopic (exact) mass is 329 g/mol. The number of rotatable bonds is 6. The van der Waals surface area contributed by atoms with E-state index in [-0.39, 0.29) is 5.41 Å². The molecular weight excluding hydrogens is 306 g/mol. The first-order valence-electron chi connectivity index (χ1n) is 7.71. The van der Waals surface area contributed by atoms with Crippen LogP contribution < -0.4 is 10.5 Å². The maximum absolute atomic E-state index is 11.8. The van der Waals surface area contributed by atoms with Crippen molar-refractivity contribution in [2.24, 2.45) is 5.73 Å². The van der Waals surface area contributed by atoms with Gasteiger partial charge in [-0.3, -0.25) is 4.79 Å². The molecule has 2 rings (SSSR count). The number of methoxy groups -OCH3 is 1. The number of amides is 1. The first-order chi connectivity index (χ1) is 11.3. The van der Waals surface area contributed by atoms with Crippen LogP contribution in [0.3, 0.4) is 0 Å². The maximum Gasteiger partial charge on any atom is 0.249 e. The van der Waals surface area contributed by atoms with E-state index in [0.717, 1.165) is 11.4 Å². The van der Waals surface area contributed by atoms with Crippen LogP contribution in [0.25, 0.3) is 11.1 Å². The third kappa shape index (κ3) is 4.29. The molecule has 0 bridgehead atoms. The normalized spacial score (nSPS) is 11.3. The number of nitrogens with two attached hydrogens (primary N) is 1. The van der Waals surface area contributed by atoms with Crippen molar-refractivity contribution in [3.05, 3.63) is 42.0 Å². The van der Waals surface area contributed by atoms with Crippen LogP contribution in [0.15, 0.2) is 30.6 Å². The second-order valence-electron chi connectivity index (χ2n) is 6.46. The van der Waals surface area contributed by atoms with Gasteiger partial charge in [-0.15, -0.1) is 0 Å². The molecule has 0 saturated carbocycles. The zero-order valence-corrected chi connectivity index (χ0v) is 14.5. The van der Waals surface area contributed by atoms with Gasteiger partial charge >= 0.3 is 0 Å². The van der Waals surface area contributed by atoms with Gasteiger partial charge in [0.1, 0.15) is 18.2 Å². The third-order valence-corrected chi connectivity index (χ3v) is 3.45. The highest BCUT2D eigenvalue weighted by molar-refractivity contribution is 6.00. The number of benzene rings is 1. The molecule has 0 radical (unpaired) electrons. The molecule has 24 heavy (non-hydrogen) atoms. The molecule has 0 aliphatic rings. The summed E-state index contributed by atoms with van der Waals surface area (Å²) in [6.45, 7) is 7.00. The van der Waals surface area contributed by atoms with Crippen molar-refractivity contribution in [1.82, 2.24) is 9.97 Å². The topological polar surface area (TPSA) is 87.3 Å². The molecule has 1 aromatic heterocycles. The Morgan fingerprint density at radius 2 is 1.83 bits per heavy atom. The molecule has 128 valence electrons. The predicted molar refractivity (Wildman–Crippen MR) is 92.1 cm³/mol. The Morgan fingerprint density at radius 1 is 1.17 bits per heavy atom. The summed E-state index contributed by atoms with van der Waals surface area (Å²) in [7, 11) is 1.60. The third-order valence-electron chi connectivity index (χ3n) is 3.45. The fourth-order valence-corrected chi connectivity index (χ4v) is 2.17. The molecule has 1 heterocycles. The molecule has 0 spiro atoms. The molecule has 1 amide bonds. The summed E-state index contributed by atoms with van der Waals surface area (Å²) in [6, 6.07) is 5.21. The average molecular weight is 329 g/mol. The Kier molecular flexibility index (Phi) is 5.51. The summed E-state index contributed by atoms with van der Waals surface area (Å²) in [5, 5.41) is 0. The number of carbonyl (C=O) groups excluding carboxylic acids is 1. The van der Waals surface area contributed by atoms with Crippen LogP contribution >= 0.6 is 0 Å². The van der Waals surface area contributed by atoms with E-state index in [1.807, 2.05) is 20.8 Å². The summed E-state index contributed by atoms with van der Waals surface area (Å²) >= 11 is 0. The second-order valence-corrected chi connectivity index (χ2v) is 6.46. The summed E-state index contributed by atoms with van der Waals surface area (Å²) in [4.78, 5) is 20.6. The van der Waals surface area contributed by atoms with E-state index in [1.165, 1.54) is 0 Å². The van der Waals surface area contributed by atoms with Gasteiger partial charge in [-0.2, -0.15) is 0 Å². The zero-order chi connectivity index (χ0) is 17.7. The molecule has 0 saturated heterocycles. The fourth-order valence-electron chi connectivity index (χ4n) is 2.17. The number of aromatic nitrogens is 2. The Bertz CT molecular complexity index is 706. The largest absolute Gasteiger partial charge is 0.491 e. The van der Waals surface area contributed by atoms with Crippen molar-refractivity contribution in [2.75, 3.05) is 20.3 Å². The van der Waals surface area contributed by atoms with Crippen LogP contribution in [0, 0.1) is 0 Å². The van der Waals surface area contributed by atoms with E-state index in [9.17, 15) is 4.79 Å². The summed E-state index contributed by atoms with van der Waals surface area (Å²) in [6.07, 6.45) is 3.42. The van der Waals surface area contributed by atoms with Crippen LogP contribution in [-0.4, -0.2) is 36.2 Å². The second kappa shape index (κ2) is 7.40. The molecule has 2 N–H and O–H groups in total. The molecule has 6 nitrogen and oxygen atoms in total. The highest BCUT2D eigenvalue weighted by Gasteiger charge is 2.18. The standard InChI is InChI=1S/C18H23N3O3/c1-18(2,3)17-20-10-12(11-21-17)14-6-5-13(24-8-7-23-4)9-15(14)16(19)22/h5-6,9-11H,7-8H2,1-4H3,(H2,19,22). The molecule has 0 aliphatic heterocycles. The Balaban J connectivity index is 2.33. The summed E-state index contributed by atoms with van der Waals surface area (Å²) in [5.41, 5.74) is 7.17. The van der Waals surface area contributed by atoms with Gasteiger partial charge in [0.25, 0.3) is 0 Å². The van der Waals surface area contributed by atoms with Crippen molar-refractivity contribution in [1.29, 1.82) is 0 Å².